The number of hydrogen-bond donors (Lipinski definition) is 2. The van der Waals surface area contributed by atoms with Crippen LogP contribution in [0.4, 0.5) is 0 Å². The summed E-state index contributed by atoms with van der Waals surface area (Å²) in [6, 6.07) is 19.0. The number of nitrogens with zero attached hydrogens (tertiary/aromatic N) is 3. The van der Waals surface area contributed by atoms with Gasteiger partial charge in [-0.2, -0.15) is 0 Å². The van der Waals surface area contributed by atoms with Crippen LogP contribution < -0.4 is 0 Å². The predicted molar refractivity (Wildman–Crippen MR) is 130 cm³/mol. The number of amides is 1. The van der Waals surface area contributed by atoms with Gasteiger partial charge in [0.1, 0.15) is 0 Å². The number of carboxylic acids is 2. The highest BCUT2D eigenvalue weighted by Crippen LogP contribution is 2.30. The van der Waals surface area contributed by atoms with E-state index in [9.17, 15) is 4.79 Å². The molecule has 1 fully saturated rings. The van der Waals surface area contributed by atoms with Gasteiger partial charge in [-0.15, -0.1) is 0 Å². The molecule has 3 heterocycles. The quantitative estimate of drug-likeness (QED) is 0.432. The third kappa shape index (κ3) is 5.20. The molecule has 1 aliphatic rings. The minimum Gasteiger partial charge on any atom is -0.473 e. The molecule has 1 amide bonds. The van der Waals surface area contributed by atoms with E-state index in [2.05, 4.69) is 58.9 Å². The molecule has 0 bridgehead atoms. The highest BCUT2D eigenvalue weighted by molar-refractivity contribution is 6.27. The number of hydrogen-bond acceptors (Lipinski definition) is 5. The molecule has 0 atom stereocenters. The Morgan fingerprint density at radius 1 is 0.857 bits per heavy atom. The number of para-hydroxylation sites is 1. The maximum Gasteiger partial charge on any atom is 0.414 e. The van der Waals surface area contributed by atoms with E-state index in [-0.39, 0.29) is 5.91 Å². The lowest BCUT2D eigenvalue weighted by Gasteiger charge is -2.34. The molecule has 2 aromatic heterocycles. The second-order valence-electron chi connectivity index (χ2n) is 8.27. The molecular weight excluding hydrogens is 450 g/mol. The second kappa shape index (κ2) is 10.4. The number of aromatic nitrogens is 1. The topological polar surface area (TPSA) is 116 Å². The van der Waals surface area contributed by atoms with Crippen LogP contribution in [0.2, 0.25) is 0 Å². The number of carbonyl (C=O) groups is 3. The number of carboxylic acid groups (broad SMARTS) is 2. The number of rotatable bonds is 4. The summed E-state index contributed by atoms with van der Waals surface area (Å²) in [6.45, 7) is 7.29. The Kier molecular flexibility index (Phi) is 7.17. The number of piperazine rings is 1. The van der Waals surface area contributed by atoms with Crippen molar-refractivity contribution in [3.63, 3.8) is 0 Å². The lowest BCUT2D eigenvalue weighted by molar-refractivity contribution is -0.159. The molecular formula is C26H27N3O6. The Hall–Kier alpha value is -4.11. The molecule has 35 heavy (non-hydrogen) atoms. The van der Waals surface area contributed by atoms with Crippen molar-refractivity contribution >= 4 is 39.7 Å². The molecule has 2 aromatic carbocycles. The van der Waals surface area contributed by atoms with Gasteiger partial charge in [-0.05, 0) is 42.8 Å². The molecule has 0 aliphatic carbocycles. The van der Waals surface area contributed by atoms with Crippen molar-refractivity contribution in [2.75, 3.05) is 26.2 Å². The molecule has 0 saturated carbocycles. The standard InChI is InChI=1S/C24H25N3O2.C2H2O4/c1-2-27-21-7-4-3-6-19(21)20-16-18(9-10-22(20)27)17-25-11-13-26(14-12-25)24(28)23-8-5-15-29-23;3-1(4)2(5)6/h3-10,15-16H,2,11-14,17H2,1H3;(H,3,4)(H,5,6). The minimum atomic E-state index is -1.82. The van der Waals surface area contributed by atoms with Crippen LogP contribution in [-0.4, -0.2) is 68.6 Å². The summed E-state index contributed by atoms with van der Waals surface area (Å²) in [5.41, 5.74) is 3.92. The van der Waals surface area contributed by atoms with E-state index >= 15 is 0 Å². The fraction of sp³-hybridized carbons (Fsp3) is 0.269. The summed E-state index contributed by atoms with van der Waals surface area (Å²) < 4.78 is 7.63. The normalized spacial score (nSPS) is 14.0. The summed E-state index contributed by atoms with van der Waals surface area (Å²) in [5.74, 6) is -3.23. The zero-order chi connectivity index (χ0) is 24.9. The van der Waals surface area contributed by atoms with E-state index in [0.717, 1.165) is 39.3 Å². The van der Waals surface area contributed by atoms with Crippen molar-refractivity contribution in [3.05, 3.63) is 72.2 Å². The maximum atomic E-state index is 12.4. The Labute approximate surface area is 201 Å². The largest absolute Gasteiger partial charge is 0.473 e. The zero-order valence-electron chi connectivity index (χ0n) is 19.4. The lowest BCUT2D eigenvalue weighted by atomic mass is 10.1. The lowest BCUT2D eigenvalue weighted by Crippen LogP contribution is -2.48. The van der Waals surface area contributed by atoms with Gasteiger partial charge in [0.25, 0.3) is 5.91 Å². The van der Waals surface area contributed by atoms with Crippen LogP contribution in [0.25, 0.3) is 21.8 Å². The number of aliphatic carboxylic acids is 2. The van der Waals surface area contributed by atoms with Gasteiger partial charge in [0.15, 0.2) is 5.76 Å². The zero-order valence-corrected chi connectivity index (χ0v) is 19.4. The summed E-state index contributed by atoms with van der Waals surface area (Å²) in [6.07, 6.45) is 1.55. The molecule has 0 unspecified atom stereocenters. The number of carbonyl (C=O) groups excluding carboxylic acids is 1. The Balaban J connectivity index is 0.000000431. The minimum absolute atomic E-state index is 0.0107. The first kappa shape index (κ1) is 24.0. The number of furan rings is 1. The van der Waals surface area contributed by atoms with Crippen LogP contribution in [0.1, 0.15) is 23.0 Å². The van der Waals surface area contributed by atoms with Crippen molar-refractivity contribution in [2.24, 2.45) is 0 Å². The molecule has 182 valence electrons. The van der Waals surface area contributed by atoms with E-state index in [1.165, 1.54) is 27.4 Å². The predicted octanol–water partition coefficient (Wildman–Crippen LogP) is 3.52. The molecule has 0 spiro atoms. The first-order valence-electron chi connectivity index (χ1n) is 11.4. The Morgan fingerprint density at radius 3 is 2.17 bits per heavy atom. The highest BCUT2D eigenvalue weighted by atomic mass is 16.4. The van der Waals surface area contributed by atoms with Gasteiger partial charge in [0.2, 0.25) is 0 Å². The maximum absolute atomic E-state index is 12.4. The Morgan fingerprint density at radius 2 is 1.54 bits per heavy atom. The summed E-state index contributed by atoms with van der Waals surface area (Å²) in [4.78, 5) is 34.9. The van der Waals surface area contributed by atoms with Crippen LogP contribution in [-0.2, 0) is 22.7 Å². The van der Waals surface area contributed by atoms with Crippen LogP contribution in [0, 0.1) is 0 Å². The third-order valence-corrected chi connectivity index (χ3v) is 6.13. The number of benzene rings is 2. The van der Waals surface area contributed by atoms with Gasteiger partial charge in [0, 0.05) is 61.1 Å². The molecule has 9 nitrogen and oxygen atoms in total. The van der Waals surface area contributed by atoms with Crippen LogP contribution in [0.5, 0.6) is 0 Å². The SMILES string of the molecule is CCn1c2ccccc2c2cc(CN3CCN(C(=O)c4ccco4)CC3)ccc21.O=C(O)C(=O)O. The number of fused-ring (bicyclic) bond motifs is 3. The van der Waals surface area contributed by atoms with E-state index in [1.54, 1.807) is 18.4 Å². The fourth-order valence-electron chi connectivity index (χ4n) is 4.46. The summed E-state index contributed by atoms with van der Waals surface area (Å²) in [7, 11) is 0. The van der Waals surface area contributed by atoms with E-state index < -0.39 is 11.9 Å². The summed E-state index contributed by atoms with van der Waals surface area (Å²) >= 11 is 0. The van der Waals surface area contributed by atoms with Crippen LogP contribution in [0.3, 0.4) is 0 Å². The molecule has 1 saturated heterocycles. The van der Waals surface area contributed by atoms with Gasteiger partial charge >= 0.3 is 11.9 Å². The van der Waals surface area contributed by atoms with Crippen molar-refractivity contribution in [2.45, 2.75) is 20.0 Å². The fourth-order valence-corrected chi connectivity index (χ4v) is 4.46. The van der Waals surface area contributed by atoms with Crippen molar-refractivity contribution in [3.8, 4) is 0 Å². The number of aryl methyl sites for hydroxylation is 1. The molecule has 5 rings (SSSR count). The van der Waals surface area contributed by atoms with Crippen LogP contribution >= 0.6 is 0 Å². The van der Waals surface area contributed by atoms with Gasteiger partial charge in [-0.3, -0.25) is 9.69 Å². The van der Waals surface area contributed by atoms with Crippen LogP contribution in [0.15, 0.2) is 65.3 Å². The molecule has 9 heteroatoms. The van der Waals surface area contributed by atoms with Gasteiger partial charge < -0.3 is 24.1 Å². The van der Waals surface area contributed by atoms with Crippen molar-refractivity contribution < 1.29 is 29.0 Å². The van der Waals surface area contributed by atoms with Crippen molar-refractivity contribution in [1.82, 2.24) is 14.4 Å². The van der Waals surface area contributed by atoms with Gasteiger partial charge in [-0.1, -0.05) is 24.3 Å². The second-order valence-corrected chi connectivity index (χ2v) is 8.27. The molecule has 1 aliphatic heterocycles. The molecule has 4 aromatic rings. The average molecular weight is 478 g/mol. The van der Waals surface area contributed by atoms with E-state index in [4.69, 9.17) is 24.2 Å². The first-order valence-corrected chi connectivity index (χ1v) is 11.4. The van der Waals surface area contributed by atoms with Crippen molar-refractivity contribution in [1.29, 1.82) is 0 Å². The van der Waals surface area contributed by atoms with E-state index in [0.29, 0.717) is 5.76 Å². The Bertz CT molecular complexity index is 1340. The monoisotopic (exact) mass is 477 g/mol. The smallest absolute Gasteiger partial charge is 0.414 e. The van der Waals surface area contributed by atoms with Gasteiger partial charge in [0.05, 0.1) is 6.26 Å². The highest BCUT2D eigenvalue weighted by Gasteiger charge is 2.23. The molecule has 0 radical (unpaired) electrons. The first-order chi connectivity index (χ1) is 16.9. The average Bonchev–Trinajstić information content (AvgIpc) is 3.51. The summed E-state index contributed by atoms with van der Waals surface area (Å²) in [5, 5.41) is 17.4. The van der Waals surface area contributed by atoms with Gasteiger partial charge in [-0.25, -0.2) is 9.59 Å². The van der Waals surface area contributed by atoms with E-state index in [1.807, 2.05) is 4.90 Å². The third-order valence-electron chi connectivity index (χ3n) is 6.13. The molecule has 2 N–H and O–H groups in total.